The van der Waals surface area contributed by atoms with Gasteiger partial charge < -0.3 is 9.47 Å². The molecule has 0 aromatic heterocycles. The topological polar surface area (TPSA) is 18.5 Å². The second-order valence-corrected chi connectivity index (χ2v) is 3.45. The van der Waals surface area contributed by atoms with E-state index < -0.39 is 0 Å². The normalized spacial score (nSPS) is 10.4. The van der Waals surface area contributed by atoms with Crippen LogP contribution in [-0.2, 0) is 0 Å². The van der Waals surface area contributed by atoms with Crippen molar-refractivity contribution in [2.24, 2.45) is 0 Å². The van der Waals surface area contributed by atoms with Crippen LogP contribution in [0.2, 0.25) is 0 Å². The third-order valence-electron chi connectivity index (χ3n) is 2.15. The average molecular weight is 226 g/mol. The first-order chi connectivity index (χ1) is 8.40. The van der Waals surface area contributed by atoms with Crippen molar-refractivity contribution in [2.45, 2.75) is 6.92 Å². The fourth-order valence-corrected chi connectivity index (χ4v) is 1.39. The van der Waals surface area contributed by atoms with E-state index in [1.54, 1.807) is 6.26 Å². The number of para-hydroxylation sites is 3. The number of allylic oxidation sites excluding steroid dienone is 1. The Morgan fingerprint density at radius 1 is 0.824 bits per heavy atom. The summed E-state index contributed by atoms with van der Waals surface area (Å²) in [6.07, 6.45) is 3.46. The van der Waals surface area contributed by atoms with Crippen molar-refractivity contribution < 1.29 is 9.47 Å². The van der Waals surface area contributed by atoms with E-state index in [1.807, 2.05) is 67.6 Å². The highest BCUT2D eigenvalue weighted by atomic mass is 16.5. The Morgan fingerprint density at radius 2 is 1.47 bits per heavy atom. The van der Waals surface area contributed by atoms with Crippen LogP contribution in [0.1, 0.15) is 6.92 Å². The standard InChI is InChI=1S/C15H14O2/c1-2-12-16-14-10-6-7-11-15(14)17-13-8-4-3-5-9-13/h2-12H,1H3. The maximum atomic E-state index is 5.75. The van der Waals surface area contributed by atoms with Crippen molar-refractivity contribution in [2.75, 3.05) is 0 Å². The lowest BCUT2D eigenvalue weighted by Crippen LogP contribution is -1.88. The van der Waals surface area contributed by atoms with Crippen molar-refractivity contribution >= 4 is 0 Å². The lowest BCUT2D eigenvalue weighted by molar-refractivity contribution is 0.417. The van der Waals surface area contributed by atoms with Crippen LogP contribution in [0.3, 0.4) is 0 Å². The molecule has 86 valence electrons. The molecule has 2 heteroatoms. The highest BCUT2D eigenvalue weighted by Gasteiger charge is 2.03. The molecule has 2 aromatic rings. The van der Waals surface area contributed by atoms with Gasteiger partial charge in [-0.25, -0.2) is 0 Å². The van der Waals surface area contributed by atoms with E-state index >= 15 is 0 Å². The van der Waals surface area contributed by atoms with E-state index in [0.29, 0.717) is 11.5 Å². The molecule has 0 amide bonds. The Labute approximate surface area is 101 Å². The summed E-state index contributed by atoms with van der Waals surface area (Å²) in [7, 11) is 0. The number of rotatable bonds is 4. The lowest BCUT2D eigenvalue weighted by Gasteiger charge is -2.09. The first kappa shape index (κ1) is 11.3. The van der Waals surface area contributed by atoms with Crippen LogP contribution in [0, 0.1) is 0 Å². The summed E-state index contributed by atoms with van der Waals surface area (Å²) < 4.78 is 11.2. The van der Waals surface area contributed by atoms with Gasteiger partial charge in [-0.2, -0.15) is 0 Å². The first-order valence-corrected chi connectivity index (χ1v) is 5.50. The zero-order valence-electron chi connectivity index (χ0n) is 9.67. The van der Waals surface area contributed by atoms with Gasteiger partial charge in [-0.3, -0.25) is 0 Å². The van der Waals surface area contributed by atoms with Gasteiger partial charge in [-0.05, 0) is 31.2 Å². The van der Waals surface area contributed by atoms with Crippen LogP contribution in [0.25, 0.3) is 0 Å². The second-order valence-electron chi connectivity index (χ2n) is 3.45. The molecule has 0 aliphatic rings. The minimum absolute atomic E-state index is 0.703. The van der Waals surface area contributed by atoms with Crippen LogP contribution in [0.5, 0.6) is 17.2 Å². The monoisotopic (exact) mass is 226 g/mol. The Hall–Kier alpha value is -2.22. The van der Waals surface area contributed by atoms with Crippen molar-refractivity contribution in [1.29, 1.82) is 0 Å². The molecule has 0 fully saturated rings. The number of ether oxygens (including phenoxy) is 2. The minimum Gasteiger partial charge on any atom is -0.461 e. The van der Waals surface area contributed by atoms with Crippen LogP contribution < -0.4 is 9.47 Å². The summed E-state index contributed by atoms with van der Waals surface area (Å²) in [5.74, 6) is 2.20. The summed E-state index contributed by atoms with van der Waals surface area (Å²) in [6.45, 7) is 1.90. The predicted molar refractivity (Wildman–Crippen MR) is 68.4 cm³/mol. The molecule has 0 aliphatic carbocycles. The molecule has 2 rings (SSSR count). The Balaban J connectivity index is 2.20. The molecule has 0 saturated heterocycles. The van der Waals surface area contributed by atoms with E-state index in [4.69, 9.17) is 9.47 Å². The zero-order valence-corrected chi connectivity index (χ0v) is 9.67. The third kappa shape index (κ3) is 3.11. The largest absolute Gasteiger partial charge is 0.461 e. The summed E-state index contributed by atoms with van der Waals surface area (Å²) in [5, 5.41) is 0. The van der Waals surface area contributed by atoms with Gasteiger partial charge in [0.2, 0.25) is 0 Å². The number of benzene rings is 2. The zero-order chi connectivity index (χ0) is 11.9. The molecule has 0 spiro atoms. The van der Waals surface area contributed by atoms with Crippen LogP contribution in [0.15, 0.2) is 66.9 Å². The summed E-state index contributed by atoms with van der Waals surface area (Å²) in [4.78, 5) is 0. The van der Waals surface area contributed by atoms with Gasteiger partial charge in [0.15, 0.2) is 11.5 Å². The van der Waals surface area contributed by atoms with Gasteiger partial charge >= 0.3 is 0 Å². The van der Waals surface area contributed by atoms with Gasteiger partial charge in [-0.1, -0.05) is 36.4 Å². The highest BCUT2D eigenvalue weighted by Crippen LogP contribution is 2.31. The fraction of sp³-hybridized carbons (Fsp3) is 0.0667. The maximum Gasteiger partial charge on any atom is 0.169 e. The molecule has 0 heterocycles. The van der Waals surface area contributed by atoms with Gasteiger partial charge in [0.05, 0.1) is 6.26 Å². The summed E-state index contributed by atoms with van der Waals surface area (Å²) in [5.41, 5.74) is 0. The lowest BCUT2D eigenvalue weighted by atomic mass is 10.3. The Kier molecular flexibility index (Phi) is 3.81. The van der Waals surface area contributed by atoms with Crippen molar-refractivity contribution in [3.63, 3.8) is 0 Å². The SMILES string of the molecule is CC=COc1ccccc1Oc1ccccc1. The Morgan fingerprint density at radius 3 is 2.18 bits per heavy atom. The van der Waals surface area contributed by atoms with Crippen molar-refractivity contribution in [1.82, 2.24) is 0 Å². The molecular weight excluding hydrogens is 212 g/mol. The molecule has 0 radical (unpaired) electrons. The first-order valence-electron chi connectivity index (χ1n) is 5.50. The number of hydrogen-bond acceptors (Lipinski definition) is 2. The fourth-order valence-electron chi connectivity index (χ4n) is 1.39. The molecule has 0 unspecified atom stereocenters. The molecule has 0 saturated carbocycles. The van der Waals surface area contributed by atoms with E-state index in [9.17, 15) is 0 Å². The average Bonchev–Trinajstić information content (AvgIpc) is 2.39. The van der Waals surface area contributed by atoms with Crippen molar-refractivity contribution in [3.05, 3.63) is 66.9 Å². The van der Waals surface area contributed by atoms with Gasteiger partial charge in [0.1, 0.15) is 5.75 Å². The molecule has 0 bridgehead atoms. The van der Waals surface area contributed by atoms with E-state index in [1.165, 1.54) is 0 Å². The third-order valence-corrected chi connectivity index (χ3v) is 2.15. The Bertz CT molecular complexity index is 489. The minimum atomic E-state index is 0.703. The quantitative estimate of drug-likeness (QED) is 0.720. The van der Waals surface area contributed by atoms with Crippen molar-refractivity contribution in [3.8, 4) is 17.2 Å². The van der Waals surface area contributed by atoms with Crippen LogP contribution >= 0.6 is 0 Å². The van der Waals surface area contributed by atoms with E-state index in [2.05, 4.69) is 0 Å². The molecule has 2 aromatic carbocycles. The van der Waals surface area contributed by atoms with Gasteiger partial charge in [0, 0.05) is 0 Å². The van der Waals surface area contributed by atoms with Gasteiger partial charge in [-0.15, -0.1) is 0 Å². The number of hydrogen-bond donors (Lipinski definition) is 0. The molecule has 2 nitrogen and oxygen atoms in total. The molecule has 0 N–H and O–H groups in total. The smallest absolute Gasteiger partial charge is 0.169 e. The highest BCUT2D eigenvalue weighted by molar-refractivity contribution is 5.43. The summed E-state index contributed by atoms with van der Waals surface area (Å²) in [6, 6.07) is 17.2. The molecule has 0 atom stereocenters. The second kappa shape index (κ2) is 5.75. The van der Waals surface area contributed by atoms with Gasteiger partial charge in [0.25, 0.3) is 0 Å². The maximum absolute atomic E-state index is 5.75. The van der Waals surface area contributed by atoms with Crippen LogP contribution in [-0.4, -0.2) is 0 Å². The molecular formula is C15H14O2. The van der Waals surface area contributed by atoms with E-state index in [0.717, 1.165) is 5.75 Å². The summed E-state index contributed by atoms with van der Waals surface area (Å²) >= 11 is 0. The molecule has 17 heavy (non-hydrogen) atoms. The molecule has 0 aliphatic heterocycles. The van der Waals surface area contributed by atoms with Crippen LogP contribution in [0.4, 0.5) is 0 Å². The van der Waals surface area contributed by atoms with E-state index in [-0.39, 0.29) is 0 Å². The predicted octanol–water partition coefficient (Wildman–Crippen LogP) is 4.39.